The van der Waals surface area contributed by atoms with E-state index in [4.69, 9.17) is 15.9 Å². The molecule has 2 nitrogen and oxygen atoms in total. The van der Waals surface area contributed by atoms with Gasteiger partial charge in [-0.3, -0.25) is 0 Å². The van der Waals surface area contributed by atoms with Gasteiger partial charge in [-0.05, 0) is 25.3 Å². The Balaban J connectivity index is 1.86. The summed E-state index contributed by atoms with van der Waals surface area (Å²) in [5, 5.41) is 0. The Morgan fingerprint density at radius 1 is 1.13 bits per heavy atom. The van der Waals surface area contributed by atoms with Gasteiger partial charge in [0.05, 0.1) is 13.2 Å². The van der Waals surface area contributed by atoms with E-state index < -0.39 is 0 Å². The van der Waals surface area contributed by atoms with Crippen molar-refractivity contribution in [1.29, 1.82) is 0 Å². The van der Waals surface area contributed by atoms with Crippen LogP contribution in [0, 0.1) is 12.3 Å². The Hall–Kier alpha value is -0.780. The highest BCUT2D eigenvalue weighted by Crippen LogP contribution is 2.08. The lowest BCUT2D eigenvalue weighted by atomic mass is 10.1. The Bertz CT molecular complexity index is 209. The Kier molecular flexibility index (Phi) is 6.98. The zero-order chi connectivity index (χ0) is 10.8. The van der Waals surface area contributed by atoms with E-state index >= 15 is 0 Å². The third-order valence-corrected chi connectivity index (χ3v) is 2.38. The van der Waals surface area contributed by atoms with Crippen LogP contribution in [0.5, 0.6) is 0 Å². The van der Waals surface area contributed by atoms with Gasteiger partial charge in [-0.1, -0.05) is 18.9 Å². The molecule has 15 heavy (non-hydrogen) atoms. The topological polar surface area (TPSA) is 18.5 Å². The maximum atomic E-state index is 5.28. The third kappa shape index (κ3) is 6.33. The summed E-state index contributed by atoms with van der Waals surface area (Å²) in [7, 11) is 0. The van der Waals surface area contributed by atoms with Crippen LogP contribution >= 0.6 is 0 Å². The molecule has 0 saturated carbocycles. The fourth-order valence-electron chi connectivity index (χ4n) is 1.54. The Labute approximate surface area is 92.6 Å². The fourth-order valence-corrected chi connectivity index (χ4v) is 1.54. The Morgan fingerprint density at radius 3 is 2.60 bits per heavy atom. The first-order valence-corrected chi connectivity index (χ1v) is 5.77. The third-order valence-electron chi connectivity index (χ3n) is 2.38. The maximum Gasteiger partial charge on any atom is 0.177 e. The van der Waals surface area contributed by atoms with Crippen molar-refractivity contribution in [2.24, 2.45) is 0 Å². The number of hydrogen-bond donors (Lipinski definition) is 0. The van der Waals surface area contributed by atoms with Gasteiger partial charge in [-0.15, -0.1) is 12.3 Å². The first-order valence-electron chi connectivity index (χ1n) is 5.77. The lowest BCUT2D eigenvalue weighted by Gasteiger charge is -2.01. The normalized spacial score (nSPS) is 17.3. The molecule has 0 amide bonds. The number of terminal acetylenes is 1. The van der Waals surface area contributed by atoms with Crippen molar-refractivity contribution in [1.82, 2.24) is 0 Å². The van der Waals surface area contributed by atoms with Gasteiger partial charge in [-0.25, -0.2) is 0 Å². The van der Waals surface area contributed by atoms with Crippen molar-refractivity contribution in [2.75, 3.05) is 13.2 Å². The summed E-state index contributed by atoms with van der Waals surface area (Å²) in [6.07, 6.45) is 16.2. The Morgan fingerprint density at radius 2 is 1.87 bits per heavy atom. The van der Waals surface area contributed by atoms with E-state index in [1.54, 1.807) is 0 Å². The SMILES string of the molecule is C#CCCCCCC/C=C/C1OCCO1. The van der Waals surface area contributed by atoms with E-state index in [-0.39, 0.29) is 6.29 Å². The number of unbranched alkanes of at least 4 members (excludes halogenated alkanes) is 5. The lowest BCUT2D eigenvalue weighted by Crippen LogP contribution is -2.01. The molecule has 0 N–H and O–H groups in total. The van der Waals surface area contributed by atoms with Crippen LogP contribution in [0.3, 0.4) is 0 Å². The van der Waals surface area contributed by atoms with Crippen molar-refractivity contribution in [3.8, 4) is 12.3 Å². The first-order chi connectivity index (χ1) is 7.43. The smallest absolute Gasteiger partial charge is 0.177 e. The minimum absolute atomic E-state index is 0.0913. The summed E-state index contributed by atoms with van der Waals surface area (Å²) in [6.45, 7) is 1.45. The molecule has 0 atom stereocenters. The van der Waals surface area contributed by atoms with Crippen molar-refractivity contribution in [3.05, 3.63) is 12.2 Å². The summed E-state index contributed by atoms with van der Waals surface area (Å²) in [5.74, 6) is 2.66. The molecule has 0 aliphatic carbocycles. The molecule has 1 aliphatic heterocycles. The monoisotopic (exact) mass is 208 g/mol. The van der Waals surface area contributed by atoms with Gasteiger partial charge in [0.25, 0.3) is 0 Å². The molecular formula is C13H20O2. The largest absolute Gasteiger partial charge is 0.347 e. The summed E-state index contributed by atoms with van der Waals surface area (Å²) in [4.78, 5) is 0. The summed E-state index contributed by atoms with van der Waals surface area (Å²) < 4.78 is 10.6. The molecule has 0 aromatic rings. The molecule has 0 aromatic carbocycles. The van der Waals surface area contributed by atoms with E-state index in [2.05, 4.69) is 12.0 Å². The molecule has 0 aromatic heterocycles. The molecule has 1 fully saturated rings. The van der Waals surface area contributed by atoms with Crippen molar-refractivity contribution in [3.63, 3.8) is 0 Å². The summed E-state index contributed by atoms with van der Waals surface area (Å²) in [6, 6.07) is 0. The van der Waals surface area contributed by atoms with Crippen LogP contribution < -0.4 is 0 Å². The van der Waals surface area contributed by atoms with Crippen molar-refractivity contribution >= 4 is 0 Å². The molecule has 1 heterocycles. The molecule has 2 heteroatoms. The molecule has 0 unspecified atom stereocenters. The van der Waals surface area contributed by atoms with Crippen molar-refractivity contribution < 1.29 is 9.47 Å². The van der Waals surface area contributed by atoms with Crippen LogP contribution in [-0.2, 0) is 9.47 Å². The highest BCUT2D eigenvalue weighted by Gasteiger charge is 2.10. The van der Waals surface area contributed by atoms with Crippen LogP contribution in [-0.4, -0.2) is 19.5 Å². The van der Waals surface area contributed by atoms with Gasteiger partial charge in [0.15, 0.2) is 6.29 Å². The summed E-state index contributed by atoms with van der Waals surface area (Å²) in [5.41, 5.74) is 0. The van der Waals surface area contributed by atoms with Gasteiger partial charge < -0.3 is 9.47 Å². The van der Waals surface area contributed by atoms with Crippen LogP contribution in [0.2, 0.25) is 0 Å². The van der Waals surface area contributed by atoms with Crippen LogP contribution in [0.1, 0.15) is 38.5 Å². The second-order valence-corrected chi connectivity index (χ2v) is 3.70. The van der Waals surface area contributed by atoms with E-state index in [0.29, 0.717) is 0 Å². The molecule has 0 spiro atoms. The average Bonchev–Trinajstić information content (AvgIpc) is 2.75. The van der Waals surface area contributed by atoms with Crippen LogP contribution in [0.4, 0.5) is 0 Å². The molecule has 1 saturated heterocycles. The second-order valence-electron chi connectivity index (χ2n) is 3.70. The van der Waals surface area contributed by atoms with E-state index in [1.807, 2.05) is 6.08 Å². The zero-order valence-corrected chi connectivity index (χ0v) is 9.28. The predicted octanol–water partition coefficient (Wildman–Crippen LogP) is 2.89. The highest BCUT2D eigenvalue weighted by atomic mass is 16.7. The minimum Gasteiger partial charge on any atom is -0.347 e. The molecule has 0 bridgehead atoms. The van der Waals surface area contributed by atoms with E-state index in [9.17, 15) is 0 Å². The van der Waals surface area contributed by atoms with Crippen molar-refractivity contribution in [2.45, 2.75) is 44.8 Å². The molecule has 0 radical (unpaired) electrons. The quantitative estimate of drug-likeness (QED) is 0.364. The average molecular weight is 208 g/mol. The van der Waals surface area contributed by atoms with Crippen LogP contribution in [0.15, 0.2) is 12.2 Å². The zero-order valence-electron chi connectivity index (χ0n) is 9.28. The fraction of sp³-hybridized carbons (Fsp3) is 0.692. The highest BCUT2D eigenvalue weighted by molar-refractivity contribution is 4.86. The standard InChI is InChI=1S/C13H20O2/c1-2-3-4-5-6-7-8-9-10-13-14-11-12-15-13/h1,9-10,13H,3-8,11-12H2/b10-9+. The van der Waals surface area contributed by atoms with Gasteiger partial charge in [0.1, 0.15) is 0 Å². The van der Waals surface area contributed by atoms with Gasteiger partial charge in [-0.2, -0.15) is 0 Å². The first kappa shape index (κ1) is 12.3. The predicted molar refractivity (Wildman–Crippen MR) is 61.4 cm³/mol. The second kappa shape index (κ2) is 8.52. The molecular weight excluding hydrogens is 188 g/mol. The summed E-state index contributed by atoms with van der Waals surface area (Å²) >= 11 is 0. The lowest BCUT2D eigenvalue weighted by molar-refractivity contribution is -0.00173. The van der Waals surface area contributed by atoms with Gasteiger partial charge in [0.2, 0.25) is 0 Å². The molecule has 1 rings (SSSR count). The molecule has 1 aliphatic rings. The number of ether oxygens (including phenoxy) is 2. The number of allylic oxidation sites excluding steroid dienone is 1. The maximum absolute atomic E-state index is 5.28. The van der Waals surface area contributed by atoms with E-state index in [0.717, 1.165) is 32.5 Å². The molecule has 84 valence electrons. The van der Waals surface area contributed by atoms with E-state index in [1.165, 1.54) is 19.3 Å². The van der Waals surface area contributed by atoms with Gasteiger partial charge in [0, 0.05) is 6.42 Å². The van der Waals surface area contributed by atoms with Gasteiger partial charge >= 0.3 is 0 Å². The van der Waals surface area contributed by atoms with Crippen LogP contribution in [0.25, 0.3) is 0 Å². The number of rotatable bonds is 7. The number of hydrogen-bond acceptors (Lipinski definition) is 2. The minimum atomic E-state index is -0.0913.